The molecule has 1 saturated carbocycles. The summed E-state index contributed by atoms with van der Waals surface area (Å²) in [7, 11) is 0. The molecule has 12 nitrogen and oxygen atoms in total. The smallest absolute Gasteiger partial charge is 0.434 e. The highest BCUT2D eigenvalue weighted by molar-refractivity contribution is 6.33. The number of halogens is 3. The summed E-state index contributed by atoms with van der Waals surface area (Å²) in [5.41, 5.74) is 0.643. The number of guanidine groups is 1. The van der Waals surface area contributed by atoms with E-state index in [0.717, 1.165) is 12.8 Å². The third-order valence-corrected chi connectivity index (χ3v) is 9.38. The van der Waals surface area contributed by atoms with E-state index in [4.69, 9.17) is 16.3 Å². The van der Waals surface area contributed by atoms with Gasteiger partial charge in [0.05, 0.1) is 17.9 Å². The fourth-order valence-electron chi connectivity index (χ4n) is 6.36. The molecule has 52 heavy (non-hydrogen) atoms. The highest BCUT2D eigenvalue weighted by atomic mass is 35.5. The molecule has 2 atom stereocenters. The molecular formula is C37H38ClF2N7O5. The molecule has 1 saturated heterocycles. The molecule has 2 aliphatic rings. The van der Waals surface area contributed by atoms with E-state index in [1.807, 2.05) is 27.7 Å². The van der Waals surface area contributed by atoms with Gasteiger partial charge in [-0.1, -0.05) is 68.8 Å². The van der Waals surface area contributed by atoms with Crippen LogP contribution in [0, 0.1) is 5.41 Å². The lowest BCUT2D eigenvalue weighted by molar-refractivity contribution is -0.134. The Kier molecular flexibility index (Phi) is 9.79. The Morgan fingerprint density at radius 2 is 1.85 bits per heavy atom. The van der Waals surface area contributed by atoms with E-state index in [1.165, 1.54) is 17.3 Å². The number of hydrogen-bond donors (Lipinski definition) is 3. The second-order valence-electron chi connectivity index (χ2n) is 14.5. The van der Waals surface area contributed by atoms with Gasteiger partial charge in [0.1, 0.15) is 12.1 Å². The van der Waals surface area contributed by atoms with Crippen molar-refractivity contribution in [3.63, 3.8) is 0 Å². The molecule has 272 valence electrons. The summed E-state index contributed by atoms with van der Waals surface area (Å²) in [4.78, 5) is 49.8. The van der Waals surface area contributed by atoms with Crippen molar-refractivity contribution in [3.05, 3.63) is 95.4 Å². The maximum absolute atomic E-state index is 15.1. The number of carboxylic acid groups (broad SMARTS) is 1. The van der Waals surface area contributed by atoms with E-state index >= 15 is 4.79 Å². The van der Waals surface area contributed by atoms with Crippen molar-refractivity contribution in [1.82, 2.24) is 30.3 Å². The minimum absolute atomic E-state index is 0.183. The first-order valence-corrected chi connectivity index (χ1v) is 17.0. The molecule has 0 bridgehead atoms. The third-order valence-electron chi connectivity index (χ3n) is 9.05. The Morgan fingerprint density at radius 1 is 1.12 bits per heavy atom. The number of nitrogens with zero attached hydrogens (tertiary/aromatic N) is 5. The van der Waals surface area contributed by atoms with Crippen LogP contribution >= 0.6 is 11.6 Å². The van der Waals surface area contributed by atoms with Gasteiger partial charge in [-0.15, -0.1) is 4.99 Å². The van der Waals surface area contributed by atoms with Crippen LogP contribution in [0.5, 0.6) is 0 Å². The monoisotopic (exact) mass is 733 g/mol. The van der Waals surface area contributed by atoms with E-state index < -0.39 is 41.6 Å². The van der Waals surface area contributed by atoms with Gasteiger partial charge in [-0.3, -0.25) is 14.7 Å². The first kappa shape index (κ1) is 36.4. The van der Waals surface area contributed by atoms with Gasteiger partial charge < -0.3 is 20.5 Å². The van der Waals surface area contributed by atoms with Crippen LogP contribution in [0.4, 0.5) is 18.4 Å². The van der Waals surface area contributed by atoms with Gasteiger partial charge in [0, 0.05) is 34.1 Å². The summed E-state index contributed by atoms with van der Waals surface area (Å²) in [6.45, 7) is 4.55. The summed E-state index contributed by atoms with van der Waals surface area (Å²) in [6.07, 6.45) is 3.69. The molecule has 0 radical (unpaired) electrons. The number of rotatable bonds is 10. The Balaban J connectivity index is 1.46. The minimum atomic E-state index is -2.80. The van der Waals surface area contributed by atoms with Gasteiger partial charge >= 0.3 is 18.7 Å². The summed E-state index contributed by atoms with van der Waals surface area (Å²) in [5, 5.41) is 20.0. The van der Waals surface area contributed by atoms with Crippen molar-refractivity contribution in [2.24, 2.45) is 10.4 Å². The standard InChI is InChI=1S/C37H38ClF2N7O5/c1-35(2,3)21-37(25-11-8-22(9-12-25)24-18-42-46(19-24)31(39)40)30(48)47(32(44-37)43-33(49)50)29(20-52-34(51)45-36(4)14-15-36)23-10-13-27(38)26(17-23)28-7-5-6-16-41-28/h5-13,16-19,29,31H,14-15,20-21H2,1-4H3,(H,43,44)(H,45,51)(H,49,50)/t29?,37-/m1/s1. The van der Waals surface area contributed by atoms with Gasteiger partial charge in [0.25, 0.3) is 5.91 Å². The number of alkyl carbamates (subject to hydrolysis) is 1. The Morgan fingerprint density at radius 3 is 2.44 bits per heavy atom. The van der Waals surface area contributed by atoms with Crippen LogP contribution in [0.1, 0.15) is 70.7 Å². The van der Waals surface area contributed by atoms with E-state index in [1.54, 1.807) is 66.9 Å². The molecular weight excluding hydrogens is 696 g/mol. The predicted octanol–water partition coefficient (Wildman–Crippen LogP) is 7.78. The molecule has 3 heterocycles. The SMILES string of the molecule is CC(C)(C)C[C@]1(c2ccc(-c3cnn(C(F)F)c3)cc2)NC(=NC(=O)O)N(C(COC(=O)NC2(C)CC2)c2ccc(Cl)c(-c3ccccn3)c2)C1=O. The molecule has 1 aliphatic heterocycles. The van der Waals surface area contributed by atoms with Crippen molar-refractivity contribution in [2.45, 2.75) is 70.6 Å². The van der Waals surface area contributed by atoms with Crippen molar-refractivity contribution in [1.29, 1.82) is 0 Å². The van der Waals surface area contributed by atoms with Crippen LogP contribution in [0.3, 0.4) is 0 Å². The van der Waals surface area contributed by atoms with Gasteiger partial charge in [-0.05, 0) is 72.6 Å². The fraction of sp³-hybridized carbons (Fsp3) is 0.351. The number of ether oxygens (including phenoxy) is 1. The van der Waals surface area contributed by atoms with Crippen LogP contribution in [0.15, 0.2) is 84.2 Å². The topological polar surface area (TPSA) is 151 Å². The number of benzene rings is 2. The van der Waals surface area contributed by atoms with Crippen molar-refractivity contribution in [2.75, 3.05) is 6.61 Å². The number of alkyl halides is 2. The van der Waals surface area contributed by atoms with Gasteiger partial charge in [-0.2, -0.15) is 13.9 Å². The second kappa shape index (κ2) is 14.0. The summed E-state index contributed by atoms with van der Waals surface area (Å²) >= 11 is 6.63. The maximum Gasteiger partial charge on any atom is 0.434 e. The number of hydrogen-bond acceptors (Lipinski definition) is 6. The summed E-state index contributed by atoms with van der Waals surface area (Å²) in [6, 6.07) is 16.0. The lowest BCUT2D eigenvalue weighted by Crippen LogP contribution is -2.47. The molecule has 2 aromatic heterocycles. The Labute approximate surface area is 303 Å². The second-order valence-corrected chi connectivity index (χ2v) is 14.9. The lowest BCUT2D eigenvalue weighted by Gasteiger charge is -2.35. The molecule has 1 unspecified atom stereocenters. The van der Waals surface area contributed by atoms with E-state index in [-0.39, 0.29) is 24.5 Å². The zero-order valence-corrected chi connectivity index (χ0v) is 29.7. The molecule has 15 heteroatoms. The number of carbonyl (C=O) groups excluding carboxylic acids is 2. The van der Waals surface area contributed by atoms with Gasteiger partial charge in [-0.25, -0.2) is 14.3 Å². The first-order valence-electron chi connectivity index (χ1n) is 16.6. The van der Waals surface area contributed by atoms with E-state index in [2.05, 4.69) is 25.7 Å². The number of aromatic nitrogens is 3. The van der Waals surface area contributed by atoms with Crippen molar-refractivity contribution in [3.8, 4) is 22.4 Å². The fourth-order valence-corrected chi connectivity index (χ4v) is 6.57. The van der Waals surface area contributed by atoms with Crippen LogP contribution in [-0.4, -0.2) is 61.0 Å². The summed E-state index contributed by atoms with van der Waals surface area (Å²) < 4.78 is 32.7. The number of carbonyl (C=O) groups is 3. The zero-order valence-electron chi connectivity index (χ0n) is 28.9. The zero-order chi connectivity index (χ0) is 37.4. The molecule has 2 fully saturated rings. The predicted molar refractivity (Wildman–Crippen MR) is 190 cm³/mol. The number of amides is 3. The van der Waals surface area contributed by atoms with Gasteiger partial charge in [0.15, 0.2) is 0 Å². The number of pyridine rings is 1. The molecule has 4 aromatic rings. The Hall–Kier alpha value is -5.37. The molecule has 0 spiro atoms. The first-order chi connectivity index (χ1) is 24.6. The average molecular weight is 734 g/mol. The molecule has 6 rings (SSSR count). The largest absolute Gasteiger partial charge is 0.463 e. The minimum Gasteiger partial charge on any atom is -0.463 e. The number of aliphatic imine (C=N–C) groups is 1. The van der Waals surface area contributed by atoms with Crippen LogP contribution in [0.25, 0.3) is 22.4 Å². The maximum atomic E-state index is 15.1. The molecule has 3 N–H and O–H groups in total. The molecule has 2 aromatic carbocycles. The van der Waals surface area contributed by atoms with Crippen molar-refractivity contribution >= 4 is 35.7 Å². The summed E-state index contributed by atoms with van der Waals surface area (Å²) in [5.74, 6) is -0.806. The van der Waals surface area contributed by atoms with Crippen LogP contribution in [-0.2, 0) is 15.1 Å². The molecule has 1 aliphatic carbocycles. The number of nitrogens with one attached hydrogen (secondary N) is 2. The van der Waals surface area contributed by atoms with Crippen LogP contribution in [0.2, 0.25) is 5.02 Å². The van der Waals surface area contributed by atoms with E-state index in [0.29, 0.717) is 43.2 Å². The third kappa shape index (κ3) is 7.76. The quantitative estimate of drug-likeness (QED) is 0.150. The van der Waals surface area contributed by atoms with Crippen molar-refractivity contribution < 1.29 is 33.0 Å². The average Bonchev–Trinajstić information content (AvgIpc) is 3.48. The highest BCUT2D eigenvalue weighted by Gasteiger charge is 2.55. The van der Waals surface area contributed by atoms with Crippen LogP contribution < -0.4 is 10.6 Å². The van der Waals surface area contributed by atoms with Gasteiger partial charge in [0.2, 0.25) is 5.96 Å². The lowest BCUT2D eigenvalue weighted by atomic mass is 9.75. The highest BCUT2D eigenvalue weighted by Crippen LogP contribution is 2.43. The Bertz CT molecular complexity index is 2010. The molecule has 3 amide bonds. The van der Waals surface area contributed by atoms with E-state index in [9.17, 15) is 23.5 Å². The normalized spacial score (nSPS) is 19.4.